The Morgan fingerprint density at radius 1 is 1.12 bits per heavy atom. The second-order valence-electron chi connectivity index (χ2n) is 3.60. The van der Waals surface area contributed by atoms with Gasteiger partial charge in [-0.2, -0.15) is 0 Å². The molecule has 1 aromatic carbocycles. The van der Waals surface area contributed by atoms with Gasteiger partial charge >= 0.3 is 0 Å². The van der Waals surface area contributed by atoms with Gasteiger partial charge in [0.05, 0.1) is 6.26 Å². The Balaban J connectivity index is 2.16. The minimum absolute atomic E-state index is 0.912. The number of para-hydroxylation sites is 1. The van der Waals surface area contributed by atoms with Crippen LogP contribution < -0.4 is 0 Å². The maximum absolute atomic E-state index is 5.51. The molecule has 0 atom stereocenters. The molecule has 0 fully saturated rings. The molecule has 0 aliphatic rings. The summed E-state index contributed by atoms with van der Waals surface area (Å²) in [6, 6.07) is 12.1. The second-order valence-corrected chi connectivity index (χ2v) is 4.55. The van der Waals surface area contributed by atoms with Crippen molar-refractivity contribution in [3.8, 4) is 0 Å². The van der Waals surface area contributed by atoms with Crippen molar-refractivity contribution in [1.29, 1.82) is 0 Å². The van der Waals surface area contributed by atoms with Crippen LogP contribution in [0.25, 0.3) is 16.5 Å². The van der Waals surface area contributed by atoms with E-state index in [1.165, 1.54) is 4.88 Å². The molecule has 0 radical (unpaired) electrons. The molecule has 78 valence electrons. The lowest BCUT2D eigenvalue weighted by atomic mass is 10.1. The topological polar surface area (TPSA) is 13.1 Å². The van der Waals surface area contributed by atoms with Crippen molar-refractivity contribution in [2.75, 3.05) is 0 Å². The molecule has 2 heteroatoms. The summed E-state index contributed by atoms with van der Waals surface area (Å²) in [6.45, 7) is 4.14. The van der Waals surface area contributed by atoms with E-state index >= 15 is 0 Å². The summed E-state index contributed by atoms with van der Waals surface area (Å²) in [6.07, 6.45) is 1.78. The largest absolute Gasteiger partial charge is 0.464 e. The number of thiophene rings is 1. The van der Waals surface area contributed by atoms with Gasteiger partial charge in [-0.15, -0.1) is 11.3 Å². The fourth-order valence-electron chi connectivity index (χ4n) is 1.79. The highest BCUT2D eigenvalue weighted by molar-refractivity contribution is 7.11. The number of rotatable bonds is 2. The molecule has 0 N–H and O–H groups in total. The first kappa shape index (κ1) is 9.43. The molecule has 0 aliphatic heterocycles. The summed E-state index contributed by atoms with van der Waals surface area (Å²) >= 11 is 1.70. The van der Waals surface area contributed by atoms with Crippen molar-refractivity contribution in [1.82, 2.24) is 0 Å². The number of furan rings is 1. The summed E-state index contributed by atoms with van der Waals surface area (Å²) in [5, 5.41) is 3.18. The Bertz CT molecular complexity index is 632. The van der Waals surface area contributed by atoms with Crippen LogP contribution in [0.3, 0.4) is 0 Å². The third-order valence-corrected chi connectivity index (χ3v) is 3.55. The molecule has 3 aromatic rings. The highest BCUT2D eigenvalue weighted by atomic mass is 32.1. The van der Waals surface area contributed by atoms with Crippen LogP contribution in [-0.4, -0.2) is 0 Å². The van der Waals surface area contributed by atoms with Crippen LogP contribution in [-0.2, 0) is 0 Å². The van der Waals surface area contributed by atoms with Crippen molar-refractivity contribution >= 4 is 27.9 Å². The highest BCUT2D eigenvalue weighted by Gasteiger charge is 2.10. The standard InChI is InChI=1S/C14H10OS/c1-10(14-7-4-8-16-14)12-9-15-13-6-3-2-5-11(12)13/h2-9H,1H2. The predicted octanol–water partition coefficient (Wildman–Crippen LogP) is 4.56. The lowest BCUT2D eigenvalue weighted by molar-refractivity contribution is 0.615. The van der Waals surface area contributed by atoms with Gasteiger partial charge in [0.15, 0.2) is 0 Å². The van der Waals surface area contributed by atoms with E-state index in [1.807, 2.05) is 24.3 Å². The normalized spacial score (nSPS) is 10.8. The Morgan fingerprint density at radius 3 is 2.81 bits per heavy atom. The van der Waals surface area contributed by atoms with Crippen LogP contribution in [0.5, 0.6) is 0 Å². The summed E-state index contributed by atoms with van der Waals surface area (Å²) in [4.78, 5) is 1.19. The Morgan fingerprint density at radius 2 is 2.00 bits per heavy atom. The molecule has 0 spiro atoms. The minimum atomic E-state index is 0.912. The van der Waals surface area contributed by atoms with Gasteiger partial charge in [-0.05, 0) is 23.1 Å². The van der Waals surface area contributed by atoms with Crippen LogP contribution in [0.15, 0.2) is 59.0 Å². The van der Waals surface area contributed by atoms with E-state index in [0.717, 1.165) is 22.1 Å². The van der Waals surface area contributed by atoms with E-state index < -0.39 is 0 Å². The van der Waals surface area contributed by atoms with E-state index in [0.29, 0.717) is 0 Å². The van der Waals surface area contributed by atoms with Crippen LogP contribution in [0.1, 0.15) is 10.4 Å². The number of hydrogen-bond acceptors (Lipinski definition) is 2. The monoisotopic (exact) mass is 226 g/mol. The molecule has 16 heavy (non-hydrogen) atoms. The summed E-state index contributed by atoms with van der Waals surface area (Å²) in [7, 11) is 0. The first-order valence-corrected chi connectivity index (χ1v) is 5.93. The maximum Gasteiger partial charge on any atom is 0.134 e. The number of fused-ring (bicyclic) bond motifs is 1. The quantitative estimate of drug-likeness (QED) is 0.624. The van der Waals surface area contributed by atoms with Gasteiger partial charge in [-0.1, -0.05) is 30.8 Å². The molecule has 0 saturated carbocycles. The molecule has 2 aromatic heterocycles. The van der Waals surface area contributed by atoms with Gasteiger partial charge in [-0.3, -0.25) is 0 Å². The molecule has 0 aliphatic carbocycles. The molecule has 0 amide bonds. The molecule has 1 nitrogen and oxygen atoms in total. The number of benzene rings is 1. The van der Waals surface area contributed by atoms with Gasteiger partial charge in [-0.25, -0.2) is 0 Å². The second kappa shape index (κ2) is 3.65. The zero-order valence-corrected chi connectivity index (χ0v) is 9.46. The van der Waals surface area contributed by atoms with E-state index in [9.17, 15) is 0 Å². The van der Waals surface area contributed by atoms with Gasteiger partial charge in [0, 0.05) is 15.8 Å². The Labute approximate surface area is 97.6 Å². The fraction of sp³-hybridized carbons (Fsp3) is 0. The zero-order valence-electron chi connectivity index (χ0n) is 8.64. The molecule has 0 bridgehead atoms. The van der Waals surface area contributed by atoms with E-state index in [-0.39, 0.29) is 0 Å². The Kier molecular flexibility index (Phi) is 2.15. The Hall–Kier alpha value is -1.80. The molecular formula is C14H10OS. The van der Waals surface area contributed by atoms with Crippen LogP contribution in [0.2, 0.25) is 0 Å². The molecule has 2 heterocycles. The SMILES string of the molecule is C=C(c1cccs1)c1coc2ccccc12. The smallest absolute Gasteiger partial charge is 0.134 e. The third-order valence-electron chi connectivity index (χ3n) is 2.62. The number of hydrogen-bond donors (Lipinski definition) is 0. The molecule has 0 saturated heterocycles. The average molecular weight is 226 g/mol. The molecule has 0 unspecified atom stereocenters. The molecule has 3 rings (SSSR count). The first-order valence-electron chi connectivity index (χ1n) is 5.05. The predicted molar refractivity (Wildman–Crippen MR) is 68.7 cm³/mol. The summed E-state index contributed by atoms with van der Waals surface area (Å²) in [5.41, 5.74) is 3.02. The van der Waals surface area contributed by atoms with Gasteiger partial charge < -0.3 is 4.42 Å². The van der Waals surface area contributed by atoms with Crippen molar-refractivity contribution in [2.24, 2.45) is 0 Å². The van der Waals surface area contributed by atoms with Crippen LogP contribution in [0.4, 0.5) is 0 Å². The lowest BCUT2D eigenvalue weighted by Crippen LogP contribution is -1.79. The molecular weight excluding hydrogens is 216 g/mol. The lowest BCUT2D eigenvalue weighted by Gasteiger charge is -1.99. The maximum atomic E-state index is 5.51. The average Bonchev–Trinajstić information content (AvgIpc) is 2.98. The van der Waals surface area contributed by atoms with Crippen molar-refractivity contribution in [3.63, 3.8) is 0 Å². The zero-order chi connectivity index (χ0) is 11.0. The van der Waals surface area contributed by atoms with E-state index in [2.05, 4.69) is 24.1 Å². The minimum Gasteiger partial charge on any atom is -0.464 e. The third kappa shape index (κ3) is 1.39. The van der Waals surface area contributed by atoms with E-state index in [1.54, 1.807) is 17.6 Å². The van der Waals surface area contributed by atoms with Crippen LogP contribution in [0, 0.1) is 0 Å². The highest BCUT2D eigenvalue weighted by Crippen LogP contribution is 2.31. The van der Waals surface area contributed by atoms with Gasteiger partial charge in [0.2, 0.25) is 0 Å². The summed E-state index contributed by atoms with van der Waals surface area (Å²) < 4.78 is 5.51. The fourth-order valence-corrected chi connectivity index (χ4v) is 2.51. The van der Waals surface area contributed by atoms with Gasteiger partial charge in [0.25, 0.3) is 0 Å². The van der Waals surface area contributed by atoms with Crippen molar-refractivity contribution < 1.29 is 4.42 Å². The van der Waals surface area contributed by atoms with Crippen LogP contribution >= 0.6 is 11.3 Å². The van der Waals surface area contributed by atoms with Crippen molar-refractivity contribution in [2.45, 2.75) is 0 Å². The van der Waals surface area contributed by atoms with Crippen molar-refractivity contribution in [3.05, 3.63) is 65.1 Å². The first-order chi connectivity index (χ1) is 7.86. The van der Waals surface area contributed by atoms with E-state index in [4.69, 9.17) is 4.42 Å². The summed E-state index contributed by atoms with van der Waals surface area (Å²) in [5.74, 6) is 0. The van der Waals surface area contributed by atoms with Gasteiger partial charge in [0.1, 0.15) is 5.58 Å².